The molecule has 2 heteroatoms. The zero-order chi connectivity index (χ0) is 4.83. The molecule has 0 atom stereocenters. The second-order valence-electron chi connectivity index (χ2n) is 1.20. The zero-order valence-electron chi connectivity index (χ0n) is 4.03. The molecule has 32 valence electrons. The van der Waals surface area contributed by atoms with Crippen LogP contribution < -0.4 is 0 Å². The van der Waals surface area contributed by atoms with E-state index in [4.69, 9.17) is 3.07 Å². The molecule has 0 N–H and O–H groups in total. The van der Waals surface area contributed by atoms with Crippen molar-refractivity contribution in [1.29, 1.82) is 0 Å². The second-order valence-corrected chi connectivity index (χ2v) is 2.03. The monoisotopic (exact) mass is 193 g/mol. The van der Waals surface area contributed by atoms with Crippen LogP contribution in [0.1, 0.15) is 19.8 Å². The van der Waals surface area contributed by atoms with Crippen LogP contribution in [0.3, 0.4) is 0 Å². The average molecular weight is 192 g/mol. The molecule has 0 heterocycles. The summed E-state index contributed by atoms with van der Waals surface area (Å²) in [4.78, 5) is 0. The second kappa shape index (κ2) is 5.76. The Hall–Kier alpha value is 0.759. The molecular weight excluding hydrogens is 183 g/mol. The summed E-state index contributed by atoms with van der Waals surface area (Å²) in [5, 5.41) is 0. The fourth-order valence-corrected chi connectivity index (χ4v) is 0.628. The fraction of sp³-hybridized carbons (Fsp3) is 1.00. The molecule has 0 aromatic heterocycles. The van der Waals surface area contributed by atoms with E-state index in [-0.39, 0.29) is 0 Å². The van der Waals surface area contributed by atoms with Gasteiger partial charge in [-0.1, -0.05) is 0 Å². The van der Waals surface area contributed by atoms with Gasteiger partial charge in [0.1, 0.15) is 0 Å². The van der Waals surface area contributed by atoms with E-state index in [1.807, 2.05) is 0 Å². The van der Waals surface area contributed by atoms with Gasteiger partial charge < -0.3 is 0 Å². The standard InChI is InChI=1S/C4H9O.Sn/c1-2-3-4-5;/h2-4H2,1H3;/q-1;+4. The first-order valence-electron chi connectivity index (χ1n) is 2.20. The summed E-state index contributed by atoms with van der Waals surface area (Å²) in [5.74, 6) is 0. The number of hydrogen-bond donors (Lipinski definition) is 0. The van der Waals surface area contributed by atoms with Crippen molar-refractivity contribution in [3.05, 3.63) is 0 Å². The Labute approximate surface area is 52.7 Å². The van der Waals surface area contributed by atoms with E-state index in [0.29, 0.717) is 0 Å². The summed E-state index contributed by atoms with van der Waals surface area (Å²) in [6.45, 7) is 3.12. The predicted octanol–water partition coefficient (Wildman–Crippen LogP) is 0.887. The molecule has 0 aromatic rings. The molecule has 0 rings (SSSR count). The van der Waals surface area contributed by atoms with Gasteiger partial charge in [0.25, 0.3) is 0 Å². The van der Waals surface area contributed by atoms with Gasteiger partial charge in [-0.3, -0.25) is 0 Å². The Balaban J connectivity index is 2.34. The Kier molecular flexibility index (Phi) is 6.49. The van der Waals surface area contributed by atoms with Crippen molar-refractivity contribution in [2.75, 3.05) is 6.61 Å². The Morgan fingerprint density at radius 1 is 1.67 bits per heavy atom. The number of unbranched alkanes of at least 4 members (excludes halogenated alkanes) is 1. The van der Waals surface area contributed by atoms with E-state index in [0.717, 1.165) is 6.61 Å². The van der Waals surface area contributed by atoms with Crippen molar-refractivity contribution >= 4 is 22.9 Å². The minimum absolute atomic E-state index is 0.953. The Bertz CT molecular complexity index is 19.5. The van der Waals surface area contributed by atoms with Crippen LogP contribution in [0.4, 0.5) is 0 Å². The fourth-order valence-electron chi connectivity index (χ4n) is 0.217. The van der Waals surface area contributed by atoms with Gasteiger partial charge in [0.05, 0.1) is 0 Å². The maximum absolute atomic E-state index is 4.87. The van der Waals surface area contributed by atoms with E-state index in [1.165, 1.54) is 35.8 Å². The SMILES string of the molecule is CCCC[O][Sn+3]. The topological polar surface area (TPSA) is 9.23 Å². The van der Waals surface area contributed by atoms with Crippen molar-refractivity contribution in [3.63, 3.8) is 0 Å². The third-order valence-electron chi connectivity index (χ3n) is 0.600. The third kappa shape index (κ3) is 4.76. The van der Waals surface area contributed by atoms with Crippen molar-refractivity contribution < 1.29 is 3.07 Å². The molecule has 0 saturated carbocycles. The first-order valence-corrected chi connectivity index (χ1v) is 3.37. The van der Waals surface area contributed by atoms with Gasteiger partial charge >= 0.3 is 52.4 Å². The van der Waals surface area contributed by atoms with Crippen LogP contribution in [0.5, 0.6) is 0 Å². The van der Waals surface area contributed by atoms with Gasteiger partial charge in [0.2, 0.25) is 0 Å². The summed E-state index contributed by atoms with van der Waals surface area (Å²) in [7, 11) is 0. The Morgan fingerprint density at radius 2 is 2.33 bits per heavy atom. The molecule has 1 nitrogen and oxygen atoms in total. The maximum atomic E-state index is 4.87. The van der Waals surface area contributed by atoms with Crippen LogP contribution >= 0.6 is 0 Å². The minimum atomic E-state index is 0.953. The van der Waals surface area contributed by atoms with Crippen LogP contribution in [0.15, 0.2) is 0 Å². The first kappa shape index (κ1) is 6.76. The van der Waals surface area contributed by atoms with Gasteiger partial charge in [-0.15, -0.1) is 0 Å². The summed E-state index contributed by atoms with van der Waals surface area (Å²) < 4.78 is 4.87. The zero-order valence-corrected chi connectivity index (χ0v) is 6.88. The molecule has 0 saturated heterocycles. The number of rotatable bonds is 3. The van der Waals surface area contributed by atoms with E-state index in [1.54, 1.807) is 0 Å². The molecule has 0 aliphatic carbocycles. The molecule has 0 aliphatic heterocycles. The third-order valence-corrected chi connectivity index (χ3v) is 1.18. The van der Waals surface area contributed by atoms with Crippen LogP contribution in [-0.2, 0) is 3.07 Å². The molecule has 0 spiro atoms. The predicted molar refractivity (Wildman–Crippen MR) is 26.6 cm³/mol. The molecule has 6 heavy (non-hydrogen) atoms. The molecule has 0 bridgehead atoms. The normalized spacial score (nSPS) is 9.17. The van der Waals surface area contributed by atoms with Gasteiger partial charge in [0.15, 0.2) is 0 Å². The van der Waals surface area contributed by atoms with E-state index in [2.05, 4.69) is 6.92 Å². The van der Waals surface area contributed by atoms with Crippen LogP contribution in [0.25, 0.3) is 0 Å². The van der Waals surface area contributed by atoms with Crippen LogP contribution in [0.2, 0.25) is 0 Å². The van der Waals surface area contributed by atoms with Crippen LogP contribution in [0, 0.1) is 0 Å². The van der Waals surface area contributed by atoms with Gasteiger partial charge in [-0.2, -0.15) is 0 Å². The quantitative estimate of drug-likeness (QED) is 0.476. The van der Waals surface area contributed by atoms with Gasteiger partial charge in [0, 0.05) is 0 Å². The van der Waals surface area contributed by atoms with Crippen molar-refractivity contribution in [3.8, 4) is 0 Å². The molecule has 0 aromatic carbocycles. The number of hydrogen-bond acceptors (Lipinski definition) is 1. The molecule has 0 fully saturated rings. The van der Waals surface area contributed by atoms with E-state index in [9.17, 15) is 0 Å². The van der Waals surface area contributed by atoms with Gasteiger partial charge in [-0.05, 0) is 0 Å². The first-order chi connectivity index (χ1) is 2.91. The Morgan fingerprint density at radius 3 is 2.50 bits per heavy atom. The molecular formula is C4H9OSn+3. The van der Waals surface area contributed by atoms with Gasteiger partial charge in [-0.25, -0.2) is 0 Å². The molecule has 0 unspecified atom stereocenters. The van der Waals surface area contributed by atoms with E-state index >= 15 is 0 Å². The van der Waals surface area contributed by atoms with Crippen molar-refractivity contribution in [2.45, 2.75) is 19.8 Å². The molecule has 0 amide bonds. The van der Waals surface area contributed by atoms with Crippen molar-refractivity contribution in [2.24, 2.45) is 0 Å². The summed E-state index contributed by atoms with van der Waals surface area (Å²) >= 11 is 1.19. The van der Waals surface area contributed by atoms with E-state index < -0.39 is 0 Å². The molecule has 0 radical (unpaired) electrons. The summed E-state index contributed by atoms with van der Waals surface area (Å²) in [5.41, 5.74) is 0. The summed E-state index contributed by atoms with van der Waals surface area (Å²) in [6, 6.07) is 0. The van der Waals surface area contributed by atoms with Crippen LogP contribution in [-0.4, -0.2) is 29.5 Å². The summed E-state index contributed by atoms with van der Waals surface area (Å²) in [6.07, 6.45) is 2.46. The van der Waals surface area contributed by atoms with Crippen molar-refractivity contribution in [1.82, 2.24) is 0 Å². The molecule has 0 aliphatic rings. The average Bonchev–Trinajstić information content (AvgIpc) is 1.61.